The number of hydrogen-bond acceptors (Lipinski definition) is 2. The number of allylic oxidation sites excluding steroid dienone is 2. The minimum absolute atomic E-state index is 0.0747. The van der Waals surface area contributed by atoms with Crippen LogP contribution in [0.3, 0.4) is 0 Å². The number of carbonyl (C=O) groups excluding carboxylic acids is 1. The van der Waals surface area contributed by atoms with Crippen molar-refractivity contribution in [3.8, 4) is 0 Å². The lowest BCUT2D eigenvalue weighted by atomic mass is 9.91. The van der Waals surface area contributed by atoms with E-state index >= 15 is 0 Å². The maximum absolute atomic E-state index is 12.7. The average Bonchev–Trinajstić information content (AvgIpc) is 3.03. The van der Waals surface area contributed by atoms with Crippen molar-refractivity contribution in [3.63, 3.8) is 0 Å². The smallest absolute Gasteiger partial charge is 0.238 e. The number of nitrogens with one attached hydrogen (secondary N) is 1. The molecule has 4 heteroatoms. The summed E-state index contributed by atoms with van der Waals surface area (Å²) in [6.45, 7) is 2.59. The molecular weight excluding hydrogens is 290 g/mol. The molecule has 0 aliphatic heterocycles. The van der Waals surface area contributed by atoms with Crippen LogP contribution in [-0.4, -0.2) is 22.6 Å². The second-order valence-electron chi connectivity index (χ2n) is 5.36. The summed E-state index contributed by atoms with van der Waals surface area (Å²) in [5, 5.41) is 2.84. The van der Waals surface area contributed by atoms with Crippen LogP contribution in [0.4, 0.5) is 0 Å². The minimum Gasteiger partial charge on any atom is -0.355 e. The largest absolute Gasteiger partial charge is 0.355 e. The standard InChI is InChI=1S/C16H18ClNOS/c1-2-18-15(19)16(20-13-6-4-3-5-7-13)12-9-8-11(10-12)14(16)17/h3-9,11-12,14H,2,10H2,1H3,(H,18,19)/t11-,12+,14+,16-/m0/s1. The van der Waals surface area contributed by atoms with E-state index in [1.165, 1.54) is 0 Å². The monoisotopic (exact) mass is 307 g/mol. The van der Waals surface area contributed by atoms with Gasteiger partial charge in [0.05, 0.1) is 5.38 Å². The lowest BCUT2D eigenvalue weighted by Gasteiger charge is -2.37. The van der Waals surface area contributed by atoms with Gasteiger partial charge < -0.3 is 5.32 Å². The van der Waals surface area contributed by atoms with Gasteiger partial charge in [-0.3, -0.25) is 4.79 Å². The Morgan fingerprint density at radius 2 is 2.15 bits per heavy atom. The quantitative estimate of drug-likeness (QED) is 0.682. The van der Waals surface area contributed by atoms with Crippen molar-refractivity contribution in [2.24, 2.45) is 11.8 Å². The van der Waals surface area contributed by atoms with Gasteiger partial charge in [0, 0.05) is 17.4 Å². The molecule has 1 fully saturated rings. The molecule has 0 heterocycles. The summed E-state index contributed by atoms with van der Waals surface area (Å²) in [5.74, 6) is 0.623. The van der Waals surface area contributed by atoms with Crippen LogP contribution in [0.15, 0.2) is 47.4 Å². The number of alkyl halides is 1. The maximum atomic E-state index is 12.7. The number of halogens is 1. The third kappa shape index (κ3) is 2.08. The highest BCUT2D eigenvalue weighted by molar-refractivity contribution is 8.01. The summed E-state index contributed by atoms with van der Waals surface area (Å²) >= 11 is 8.30. The molecule has 20 heavy (non-hydrogen) atoms. The number of fused-ring (bicyclic) bond motifs is 2. The average molecular weight is 308 g/mol. The number of hydrogen-bond donors (Lipinski definition) is 1. The normalized spacial score (nSPS) is 34.4. The Hall–Kier alpha value is -0.930. The lowest BCUT2D eigenvalue weighted by molar-refractivity contribution is -0.123. The second-order valence-corrected chi connectivity index (χ2v) is 7.18. The minimum atomic E-state index is -0.571. The molecule has 4 atom stereocenters. The SMILES string of the molecule is CCNC(=O)[C@]1(Sc2ccccc2)[C@@H]2C=C[C@@H](C2)[C@H]1Cl. The van der Waals surface area contributed by atoms with Crippen molar-refractivity contribution in [3.05, 3.63) is 42.5 Å². The summed E-state index contributed by atoms with van der Waals surface area (Å²) in [6.07, 6.45) is 5.34. The van der Waals surface area contributed by atoms with Crippen LogP contribution in [0.2, 0.25) is 0 Å². The van der Waals surface area contributed by atoms with Crippen LogP contribution >= 0.6 is 23.4 Å². The topological polar surface area (TPSA) is 29.1 Å². The lowest BCUT2D eigenvalue weighted by Crippen LogP contribution is -2.53. The zero-order valence-corrected chi connectivity index (χ0v) is 13.0. The molecule has 1 N–H and O–H groups in total. The Morgan fingerprint density at radius 3 is 2.75 bits per heavy atom. The van der Waals surface area contributed by atoms with Crippen molar-refractivity contribution in [2.75, 3.05) is 6.54 Å². The van der Waals surface area contributed by atoms with Crippen molar-refractivity contribution in [2.45, 2.75) is 28.4 Å². The zero-order valence-electron chi connectivity index (χ0n) is 11.4. The van der Waals surface area contributed by atoms with Gasteiger partial charge >= 0.3 is 0 Å². The van der Waals surface area contributed by atoms with Crippen LogP contribution in [0.5, 0.6) is 0 Å². The maximum Gasteiger partial charge on any atom is 0.238 e. The third-order valence-corrected chi connectivity index (χ3v) is 6.56. The summed E-state index contributed by atoms with van der Waals surface area (Å²) < 4.78 is -0.571. The van der Waals surface area contributed by atoms with E-state index in [1.54, 1.807) is 11.8 Å². The number of thioether (sulfide) groups is 1. The molecule has 0 unspecified atom stereocenters. The van der Waals surface area contributed by atoms with Gasteiger partial charge in [-0.25, -0.2) is 0 Å². The molecule has 1 saturated carbocycles. The molecule has 2 nitrogen and oxygen atoms in total. The van der Waals surface area contributed by atoms with E-state index in [-0.39, 0.29) is 17.2 Å². The molecule has 2 bridgehead atoms. The van der Waals surface area contributed by atoms with E-state index in [2.05, 4.69) is 17.5 Å². The van der Waals surface area contributed by atoms with Gasteiger partial charge in [0.2, 0.25) is 5.91 Å². The van der Waals surface area contributed by atoms with Gasteiger partial charge in [0.15, 0.2) is 0 Å². The zero-order chi connectivity index (χ0) is 14.2. The Bertz CT molecular complexity index is 533. The van der Waals surface area contributed by atoms with E-state index in [0.717, 1.165) is 11.3 Å². The van der Waals surface area contributed by atoms with Gasteiger partial charge in [0.1, 0.15) is 4.75 Å². The summed E-state index contributed by atoms with van der Waals surface area (Å²) in [6, 6.07) is 10.1. The van der Waals surface area contributed by atoms with Crippen molar-refractivity contribution in [1.82, 2.24) is 5.32 Å². The summed E-state index contributed by atoms with van der Waals surface area (Å²) in [5.41, 5.74) is 0. The Kier molecular flexibility index (Phi) is 3.83. The van der Waals surface area contributed by atoms with Crippen molar-refractivity contribution < 1.29 is 4.79 Å². The molecule has 2 aliphatic carbocycles. The first-order valence-electron chi connectivity index (χ1n) is 7.03. The summed E-state index contributed by atoms with van der Waals surface area (Å²) in [4.78, 5) is 13.8. The number of rotatable bonds is 4. The molecule has 0 aromatic heterocycles. The second kappa shape index (κ2) is 5.45. The van der Waals surface area contributed by atoms with Crippen LogP contribution in [0.25, 0.3) is 0 Å². The predicted molar refractivity (Wildman–Crippen MR) is 84.1 cm³/mol. The Balaban J connectivity index is 1.97. The van der Waals surface area contributed by atoms with Gasteiger partial charge in [0.25, 0.3) is 0 Å². The highest BCUT2D eigenvalue weighted by Gasteiger charge is 2.60. The van der Waals surface area contributed by atoms with E-state index in [9.17, 15) is 4.79 Å². The highest BCUT2D eigenvalue weighted by atomic mass is 35.5. The van der Waals surface area contributed by atoms with Gasteiger partial charge in [-0.05, 0) is 31.4 Å². The Labute approximate surface area is 129 Å². The molecule has 0 saturated heterocycles. The van der Waals surface area contributed by atoms with Crippen LogP contribution in [0.1, 0.15) is 13.3 Å². The van der Waals surface area contributed by atoms with Crippen LogP contribution < -0.4 is 5.32 Å². The molecule has 1 aromatic carbocycles. The number of carbonyl (C=O) groups is 1. The molecule has 1 aromatic rings. The Morgan fingerprint density at radius 1 is 1.40 bits per heavy atom. The summed E-state index contributed by atoms with van der Waals surface area (Å²) in [7, 11) is 0. The first kappa shape index (κ1) is 14.0. The molecule has 3 rings (SSSR count). The predicted octanol–water partition coefficient (Wildman–Crippen LogP) is 3.47. The van der Waals surface area contributed by atoms with E-state index in [4.69, 9.17) is 11.6 Å². The first-order valence-corrected chi connectivity index (χ1v) is 8.28. The van der Waals surface area contributed by atoms with Crippen molar-refractivity contribution in [1.29, 1.82) is 0 Å². The van der Waals surface area contributed by atoms with Crippen LogP contribution in [-0.2, 0) is 4.79 Å². The van der Waals surface area contributed by atoms with Gasteiger partial charge in [-0.15, -0.1) is 23.4 Å². The van der Waals surface area contributed by atoms with Gasteiger partial charge in [-0.1, -0.05) is 30.4 Å². The van der Waals surface area contributed by atoms with Gasteiger partial charge in [-0.2, -0.15) is 0 Å². The van der Waals surface area contributed by atoms with E-state index in [0.29, 0.717) is 12.5 Å². The van der Waals surface area contributed by atoms with Crippen molar-refractivity contribution >= 4 is 29.3 Å². The molecule has 0 radical (unpaired) electrons. The molecule has 1 amide bonds. The van der Waals surface area contributed by atoms with Crippen LogP contribution in [0, 0.1) is 11.8 Å². The molecular formula is C16H18ClNOS. The fourth-order valence-electron chi connectivity index (χ4n) is 3.24. The highest BCUT2D eigenvalue weighted by Crippen LogP contribution is 2.57. The molecule has 2 aliphatic rings. The van der Waals surface area contributed by atoms with E-state index in [1.807, 2.05) is 37.3 Å². The third-order valence-electron chi connectivity index (χ3n) is 4.18. The molecule has 106 valence electrons. The molecule has 0 spiro atoms. The first-order chi connectivity index (χ1) is 9.68. The van der Waals surface area contributed by atoms with E-state index < -0.39 is 4.75 Å². The fraction of sp³-hybridized carbons (Fsp3) is 0.438. The number of amides is 1. The fourth-order valence-corrected chi connectivity index (χ4v) is 5.28. The number of benzene rings is 1.